The lowest BCUT2D eigenvalue weighted by Gasteiger charge is -2.30. The monoisotopic (exact) mass is 250 g/mol. The molecule has 0 aliphatic carbocycles. The van der Waals surface area contributed by atoms with E-state index in [-0.39, 0.29) is 5.54 Å². The van der Waals surface area contributed by atoms with Crippen LogP contribution in [0, 0.1) is 0 Å². The Morgan fingerprint density at radius 1 is 1.22 bits per heavy atom. The van der Waals surface area contributed by atoms with Gasteiger partial charge in [-0.05, 0) is 52.6 Å². The molecule has 0 radical (unpaired) electrons. The molecule has 3 nitrogen and oxygen atoms in total. The van der Waals surface area contributed by atoms with Crippen molar-refractivity contribution in [3.8, 4) is 5.75 Å². The van der Waals surface area contributed by atoms with Crippen molar-refractivity contribution in [3.63, 3.8) is 0 Å². The molecule has 18 heavy (non-hydrogen) atoms. The van der Waals surface area contributed by atoms with E-state index in [4.69, 9.17) is 4.74 Å². The Kier molecular flexibility index (Phi) is 5.63. The van der Waals surface area contributed by atoms with Crippen molar-refractivity contribution in [1.29, 1.82) is 0 Å². The first-order valence-electron chi connectivity index (χ1n) is 6.56. The van der Waals surface area contributed by atoms with Gasteiger partial charge in [0.05, 0.1) is 6.61 Å². The minimum atomic E-state index is 0.139. The number of nitrogens with one attached hydrogen (secondary N) is 1. The zero-order chi connectivity index (χ0) is 13.6. The molecule has 0 spiro atoms. The maximum absolute atomic E-state index is 5.44. The molecule has 0 atom stereocenters. The largest absolute Gasteiger partial charge is 0.494 e. The van der Waals surface area contributed by atoms with E-state index in [1.165, 1.54) is 5.56 Å². The molecule has 1 aromatic carbocycles. The smallest absolute Gasteiger partial charge is 0.119 e. The minimum absolute atomic E-state index is 0.139. The van der Waals surface area contributed by atoms with Crippen LogP contribution in [0.4, 0.5) is 0 Å². The predicted octanol–water partition coefficient (Wildman–Crippen LogP) is 2.52. The Labute approximate surface area is 111 Å². The van der Waals surface area contributed by atoms with Gasteiger partial charge in [-0.3, -0.25) is 0 Å². The van der Waals surface area contributed by atoms with Crippen molar-refractivity contribution < 1.29 is 4.74 Å². The summed E-state index contributed by atoms with van der Waals surface area (Å²) < 4.78 is 5.44. The fraction of sp³-hybridized carbons (Fsp3) is 0.600. The molecule has 1 N–H and O–H groups in total. The van der Waals surface area contributed by atoms with Gasteiger partial charge in [-0.15, -0.1) is 0 Å². The van der Waals surface area contributed by atoms with Crippen LogP contribution in [0.15, 0.2) is 24.3 Å². The summed E-state index contributed by atoms with van der Waals surface area (Å²) >= 11 is 0. The Bertz CT molecular complexity index is 346. The third-order valence-corrected chi connectivity index (χ3v) is 3.03. The van der Waals surface area contributed by atoms with E-state index in [0.717, 1.165) is 25.4 Å². The zero-order valence-electron chi connectivity index (χ0n) is 12.3. The quantitative estimate of drug-likeness (QED) is 0.805. The molecule has 0 fully saturated rings. The van der Waals surface area contributed by atoms with Crippen LogP contribution in [0.5, 0.6) is 5.75 Å². The molecule has 3 heteroatoms. The van der Waals surface area contributed by atoms with Crippen molar-refractivity contribution in [2.24, 2.45) is 0 Å². The normalized spacial score (nSPS) is 11.9. The molecule has 0 bridgehead atoms. The summed E-state index contributed by atoms with van der Waals surface area (Å²) in [6.07, 6.45) is 0. The SMILES string of the molecule is CCOc1ccc(CN(C)CC(C)(C)NC)cc1. The third kappa shape index (κ3) is 5.07. The first kappa shape index (κ1) is 15.0. The van der Waals surface area contributed by atoms with Crippen molar-refractivity contribution in [1.82, 2.24) is 10.2 Å². The van der Waals surface area contributed by atoms with Crippen molar-refractivity contribution in [2.45, 2.75) is 32.9 Å². The van der Waals surface area contributed by atoms with Gasteiger partial charge < -0.3 is 15.0 Å². The molecular weight excluding hydrogens is 224 g/mol. The Morgan fingerprint density at radius 3 is 2.33 bits per heavy atom. The van der Waals surface area contributed by atoms with Crippen LogP contribution in [-0.2, 0) is 6.54 Å². The van der Waals surface area contributed by atoms with Crippen molar-refractivity contribution in [2.75, 3.05) is 27.2 Å². The van der Waals surface area contributed by atoms with Gasteiger partial charge in [-0.2, -0.15) is 0 Å². The van der Waals surface area contributed by atoms with Gasteiger partial charge in [0, 0.05) is 18.6 Å². The van der Waals surface area contributed by atoms with E-state index in [9.17, 15) is 0 Å². The second-order valence-electron chi connectivity index (χ2n) is 5.38. The second-order valence-corrected chi connectivity index (χ2v) is 5.38. The van der Waals surface area contributed by atoms with E-state index >= 15 is 0 Å². The van der Waals surface area contributed by atoms with E-state index in [2.05, 4.69) is 43.2 Å². The maximum Gasteiger partial charge on any atom is 0.119 e. The number of nitrogens with zero attached hydrogens (tertiary/aromatic N) is 1. The zero-order valence-corrected chi connectivity index (χ0v) is 12.3. The van der Waals surface area contributed by atoms with Gasteiger partial charge >= 0.3 is 0 Å². The molecule has 0 saturated carbocycles. The van der Waals surface area contributed by atoms with Gasteiger partial charge in [-0.25, -0.2) is 0 Å². The molecule has 1 rings (SSSR count). The second kappa shape index (κ2) is 6.76. The van der Waals surface area contributed by atoms with Gasteiger partial charge in [0.25, 0.3) is 0 Å². The Morgan fingerprint density at radius 2 is 1.83 bits per heavy atom. The first-order chi connectivity index (χ1) is 8.46. The molecule has 102 valence electrons. The third-order valence-electron chi connectivity index (χ3n) is 3.03. The van der Waals surface area contributed by atoms with Crippen molar-refractivity contribution >= 4 is 0 Å². The van der Waals surface area contributed by atoms with Crippen LogP contribution in [0.3, 0.4) is 0 Å². The fourth-order valence-corrected chi connectivity index (χ4v) is 1.98. The molecule has 1 aromatic rings. The van der Waals surface area contributed by atoms with Crippen LogP contribution >= 0.6 is 0 Å². The summed E-state index contributed by atoms with van der Waals surface area (Å²) in [4.78, 5) is 2.33. The number of benzene rings is 1. The topological polar surface area (TPSA) is 24.5 Å². The summed E-state index contributed by atoms with van der Waals surface area (Å²) in [5.41, 5.74) is 1.45. The lowest BCUT2D eigenvalue weighted by molar-refractivity contribution is 0.238. The predicted molar refractivity (Wildman–Crippen MR) is 77.1 cm³/mol. The standard InChI is InChI=1S/C15H26N2O/c1-6-18-14-9-7-13(8-10-14)11-17(5)12-15(2,3)16-4/h7-10,16H,6,11-12H2,1-5H3. The van der Waals surface area contributed by atoms with Crippen LogP contribution in [-0.4, -0.2) is 37.7 Å². The highest BCUT2D eigenvalue weighted by molar-refractivity contribution is 5.27. The molecule has 0 aromatic heterocycles. The van der Waals surface area contributed by atoms with E-state index in [0.29, 0.717) is 0 Å². The lowest BCUT2D eigenvalue weighted by Crippen LogP contribution is -2.46. The summed E-state index contributed by atoms with van der Waals surface area (Å²) in [6, 6.07) is 8.34. The average molecular weight is 250 g/mol. The van der Waals surface area contributed by atoms with Crippen LogP contribution in [0.25, 0.3) is 0 Å². The number of rotatable bonds is 7. The van der Waals surface area contributed by atoms with E-state index in [1.54, 1.807) is 0 Å². The molecule has 0 amide bonds. The van der Waals surface area contributed by atoms with Gasteiger partial charge in [0.15, 0.2) is 0 Å². The molecule has 0 aliphatic heterocycles. The summed E-state index contributed by atoms with van der Waals surface area (Å²) in [7, 11) is 4.15. The average Bonchev–Trinajstić information content (AvgIpc) is 2.31. The van der Waals surface area contributed by atoms with Crippen LogP contribution < -0.4 is 10.1 Å². The summed E-state index contributed by atoms with van der Waals surface area (Å²) in [5, 5.41) is 3.32. The van der Waals surface area contributed by atoms with E-state index < -0.39 is 0 Å². The molecule has 0 saturated heterocycles. The summed E-state index contributed by atoms with van der Waals surface area (Å²) in [6.45, 7) is 9.11. The summed E-state index contributed by atoms with van der Waals surface area (Å²) in [5.74, 6) is 0.944. The minimum Gasteiger partial charge on any atom is -0.494 e. The number of likely N-dealkylation sites (N-methyl/N-ethyl adjacent to an activating group) is 2. The highest BCUT2D eigenvalue weighted by Crippen LogP contribution is 2.14. The number of hydrogen-bond acceptors (Lipinski definition) is 3. The molecule has 0 unspecified atom stereocenters. The Hall–Kier alpha value is -1.06. The van der Waals surface area contributed by atoms with Gasteiger partial charge in [0.2, 0.25) is 0 Å². The highest BCUT2D eigenvalue weighted by atomic mass is 16.5. The van der Waals surface area contributed by atoms with Crippen LogP contribution in [0.2, 0.25) is 0 Å². The molecule has 0 heterocycles. The highest BCUT2D eigenvalue weighted by Gasteiger charge is 2.17. The van der Waals surface area contributed by atoms with Crippen LogP contribution in [0.1, 0.15) is 26.3 Å². The van der Waals surface area contributed by atoms with Gasteiger partial charge in [-0.1, -0.05) is 12.1 Å². The Balaban J connectivity index is 2.51. The van der Waals surface area contributed by atoms with Crippen molar-refractivity contribution in [3.05, 3.63) is 29.8 Å². The first-order valence-corrected chi connectivity index (χ1v) is 6.56. The maximum atomic E-state index is 5.44. The number of hydrogen-bond donors (Lipinski definition) is 1. The van der Waals surface area contributed by atoms with E-state index in [1.807, 2.05) is 26.1 Å². The lowest BCUT2D eigenvalue weighted by atomic mass is 10.1. The fourth-order valence-electron chi connectivity index (χ4n) is 1.98. The number of ether oxygens (including phenoxy) is 1. The molecular formula is C15H26N2O. The molecule has 0 aliphatic rings. The van der Waals surface area contributed by atoms with Gasteiger partial charge in [0.1, 0.15) is 5.75 Å².